The molecule has 0 spiro atoms. The molecule has 0 aliphatic carbocycles. The van der Waals surface area contributed by atoms with Crippen LogP contribution in [0.3, 0.4) is 0 Å². The van der Waals surface area contributed by atoms with E-state index in [2.05, 4.69) is 0 Å². The van der Waals surface area contributed by atoms with Gasteiger partial charge in [-0.15, -0.1) is 0 Å². The van der Waals surface area contributed by atoms with Crippen molar-refractivity contribution in [1.29, 1.82) is 5.26 Å². The highest BCUT2D eigenvalue weighted by Crippen LogP contribution is 2.24. The maximum absolute atomic E-state index is 13.2. The van der Waals surface area contributed by atoms with Crippen LogP contribution in [-0.2, 0) is 0 Å². The number of hydrogen-bond donors (Lipinski definition) is 0. The summed E-state index contributed by atoms with van der Waals surface area (Å²) in [7, 11) is 1.67. The summed E-state index contributed by atoms with van der Waals surface area (Å²) in [5, 5.41) is 19.2. The van der Waals surface area contributed by atoms with E-state index < -0.39 is 10.7 Å². The quantitative estimate of drug-likeness (QED) is 0.595. The summed E-state index contributed by atoms with van der Waals surface area (Å²) in [6, 6.07) is 5.23. The maximum Gasteiger partial charge on any atom is 0.274 e. The summed E-state index contributed by atoms with van der Waals surface area (Å²) in [5.41, 5.74) is 0.0930. The second-order valence-electron chi connectivity index (χ2n) is 3.75. The van der Waals surface area contributed by atoms with Crippen LogP contribution in [0.4, 0.5) is 15.8 Å². The molecule has 17 heavy (non-hydrogen) atoms. The van der Waals surface area contributed by atoms with Crippen LogP contribution in [-0.4, -0.2) is 18.0 Å². The van der Waals surface area contributed by atoms with Crippen molar-refractivity contribution in [2.45, 2.75) is 19.4 Å². The van der Waals surface area contributed by atoms with Gasteiger partial charge in [-0.25, -0.2) is 4.39 Å². The normalized spacial score (nSPS) is 11.6. The Kier molecular flexibility index (Phi) is 3.99. The summed E-state index contributed by atoms with van der Waals surface area (Å²) in [4.78, 5) is 11.6. The number of nitro groups is 1. The number of anilines is 1. The highest BCUT2D eigenvalue weighted by atomic mass is 19.1. The van der Waals surface area contributed by atoms with Gasteiger partial charge in [0.05, 0.1) is 23.5 Å². The zero-order valence-electron chi connectivity index (χ0n) is 9.55. The zero-order valence-corrected chi connectivity index (χ0v) is 9.55. The number of non-ortho nitro benzene ring substituents is 1. The van der Waals surface area contributed by atoms with Gasteiger partial charge in [0, 0.05) is 24.8 Å². The molecule has 6 heteroatoms. The predicted molar refractivity (Wildman–Crippen MR) is 61.1 cm³/mol. The van der Waals surface area contributed by atoms with Crippen molar-refractivity contribution in [1.82, 2.24) is 0 Å². The molecule has 0 amide bonds. The highest BCUT2D eigenvalue weighted by molar-refractivity contribution is 5.53. The molecule has 5 nitrogen and oxygen atoms in total. The van der Waals surface area contributed by atoms with E-state index in [1.165, 1.54) is 12.1 Å². The molecule has 0 N–H and O–H groups in total. The Balaban J connectivity index is 3.06. The maximum atomic E-state index is 13.2. The lowest BCUT2D eigenvalue weighted by Gasteiger charge is -2.24. The SMILES string of the molecule is CC(CC#N)N(C)c1cc(F)cc([N+](=O)[O-])c1. The van der Waals surface area contributed by atoms with Crippen LogP contribution in [0.5, 0.6) is 0 Å². The molecule has 0 bridgehead atoms. The molecule has 1 aromatic rings. The summed E-state index contributed by atoms with van der Waals surface area (Å²) in [6.45, 7) is 1.79. The van der Waals surface area contributed by atoms with Crippen molar-refractivity contribution in [3.8, 4) is 6.07 Å². The van der Waals surface area contributed by atoms with Crippen molar-refractivity contribution < 1.29 is 9.31 Å². The third-order valence-electron chi connectivity index (χ3n) is 2.53. The first kappa shape index (κ1) is 12.9. The van der Waals surface area contributed by atoms with Crippen LogP contribution in [0.25, 0.3) is 0 Å². The van der Waals surface area contributed by atoms with E-state index in [0.717, 1.165) is 6.07 Å². The third kappa shape index (κ3) is 3.14. The van der Waals surface area contributed by atoms with Crippen LogP contribution in [0.15, 0.2) is 18.2 Å². The van der Waals surface area contributed by atoms with Crippen molar-refractivity contribution in [3.05, 3.63) is 34.1 Å². The lowest BCUT2D eigenvalue weighted by molar-refractivity contribution is -0.385. The number of nitriles is 1. The molecule has 0 heterocycles. The van der Waals surface area contributed by atoms with Gasteiger partial charge < -0.3 is 4.90 Å². The second kappa shape index (κ2) is 5.25. The number of halogens is 1. The first-order valence-electron chi connectivity index (χ1n) is 5.00. The lowest BCUT2D eigenvalue weighted by atomic mass is 10.2. The average Bonchev–Trinajstić information content (AvgIpc) is 2.27. The van der Waals surface area contributed by atoms with Crippen LogP contribution >= 0.6 is 0 Å². The largest absolute Gasteiger partial charge is 0.371 e. The van der Waals surface area contributed by atoms with Gasteiger partial charge in [0.15, 0.2) is 0 Å². The first-order chi connectivity index (χ1) is 7.95. The van der Waals surface area contributed by atoms with E-state index in [9.17, 15) is 14.5 Å². The number of nitro benzene ring substituents is 1. The Hall–Kier alpha value is -2.16. The molecule has 90 valence electrons. The number of benzene rings is 1. The number of hydrogen-bond acceptors (Lipinski definition) is 4. The Labute approximate surface area is 98.2 Å². The van der Waals surface area contributed by atoms with Crippen molar-refractivity contribution in [3.63, 3.8) is 0 Å². The Morgan fingerprint density at radius 1 is 1.59 bits per heavy atom. The smallest absolute Gasteiger partial charge is 0.274 e. The molecule has 1 atom stereocenters. The van der Waals surface area contributed by atoms with Crippen LogP contribution < -0.4 is 4.90 Å². The van der Waals surface area contributed by atoms with Gasteiger partial charge in [0.1, 0.15) is 5.82 Å². The van der Waals surface area contributed by atoms with Crippen molar-refractivity contribution >= 4 is 11.4 Å². The summed E-state index contributed by atoms with van der Waals surface area (Å²) in [6.07, 6.45) is 0.265. The van der Waals surface area contributed by atoms with Gasteiger partial charge in [-0.2, -0.15) is 5.26 Å². The molecular weight excluding hydrogens is 225 g/mol. The molecule has 0 aliphatic rings. The minimum absolute atomic E-state index is 0.138. The molecule has 0 saturated carbocycles. The molecule has 0 aliphatic heterocycles. The van der Waals surface area contributed by atoms with Crippen molar-refractivity contribution in [2.75, 3.05) is 11.9 Å². The van der Waals surface area contributed by atoms with E-state index in [1.807, 2.05) is 6.07 Å². The molecule has 1 aromatic carbocycles. The fourth-order valence-corrected chi connectivity index (χ4v) is 1.39. The fraction of sp³-hybridized carbons (Fsp3) is 0.364. The summed E-state index contributed by atoms with van der Waals surface area (Å²) in [5.74, 6) is -0.662. The van der Waals surface area contributed by atoms with E-state index in [0.29, 0.717) is 5.69 Å². The molecule has 0 saturated heterocycles. The molecular formula is C11H12FN3O2. The van der Waals surface area contributed by atoms with Crippen LogP contribution in [0, 0.1) is 27.3 Å². The topological polar surface area (TPSA) is 70.2 Å². The zero-order chi connectivity index (χ0) is 13.0. The van der Waals surface area contributed by atoms with Crippen molar-refractivity contribution in [2.24, 2.45) is 0 Å². The van der Waals surface area contributed by atoms with Gasteiger partial charge in [0.2, 0.25) is 0 Å². The summed E-state index contributed by atoms with van der Waals surface area (Å²) < 4.78 is 13.2. The molecule has 1 unspecified atom stereocenters. The number of rotatable bonds is 4. The van der Waals surface area contributed by atoms with Gasteiger partial charge in [-0.1, -0.05) is 0 Å². The van der Waals surface area contributed by atoms with E-state index in [-0.39, 0.29) is 18.2 Å². The minimum atomic E-state index is -0.662. The van der Waals surface area contributed by atoms with E-state index >= 15 is 0 Å². The average molecular weight is 237 g/mol. The second-order valence-corrected chi connectivity index (χ2v) is 3.75. The standard InChI is InChI=1S/C11H12FN3O2/c1-8(3-4-13)14(2)10-5-9(12)6-11(7-10)15(16)17/h5-8H,3H2,1-2H3. The van der Waals surface area contributed by atoms with E-state index in [4.69, 9.17) is 5.26 Å². The Morgan fingerprint density at radius 2 is 2.24 bits per heavy atom. The molecule has 0 aromatic heterocycles. The summed E-state index contributed by atoms with van der Waals surface area (Å²) >= 11 is 0. The van der Waals surface area contributed by atoms with Crippen LogP contribution in [0.1, 0.15) is 13.3 Å². The van der Waals surface area contributed by atoms with E-state index in [1.54, 1.807) is 18.9 Å². The van der Waals surface area contributed by atoms with Gasteiger partial charge >= 0.3 is 0 Å². The van der Waals surface area contributed by atoms with Gasteiger partial charge in [0.25, 0.3) is 5.69 Å². The predicted octanol–water partition coefficient (Wildman–Crippen LogP) is 2.47. The molecule has 0 fully saturated rings. The van der Waals surface area contributed by atoms with Gasteiger partial charge in [-0.3, -0.25) is 10.1 Å². The molecule has 1 rings (SSSR count). The Morgan fingerprint density at radius 3 is 2.76 bits per heavy atom. The van der Waals surface area contributed by atoms with Gasteiger partial charge in [-0.05, 0) is 13.0 Å². The number of nitrogens with zero attached hydrogens (tertiary/aromatic N) is 3. The Bertz CT molecular complexity index is 470. The molecule has 0 radical (unpaired) electrons. The fourth-order valence-electron chi connectivity index (χ4n) is 1.39. The third-order valence-corrected chi connectivity index (χ3v) is 2.53. The first-order valence-corrected chi connectivity index (χ1v) is 5.00. The highest BCUT2D eigenvalue weighted by Gasteiger charge is 2.15. The minimum Gasteiger partial charge on any atom is -0.371 e. The van der Waals surface area contributed by atoms with Crippen LogP contribution in [0.2, 0.25) is 0 Å². The lowest BCUT2D eigenvalue weighted by Crippen LogP contribution is -2.28. The monoisotopic (exact) mass is 237 g/mol.